The number of aryl methyl sites for hydroxylation is 2. The molecule has 1 heterocycles. The Labute approximate surface area is 115 Å². The molecule has 0 aromatic carbocycles. The number of rotatable bonds is 7. The normalized spacial score (nSPS) is 11.9. The summed E-state index contributed by atoms with van der Waals surface area (Å²) in [4.78, 5) is 33.8. The third kappa shape index (κ3) is 3.81. The number of carbonyl (C=O) groups is 3. The second-order valence-corrected chi connectivity index (χ2v) is 4.28. The minimum atomic E-state index is -1.23. The van der Waals surface area contributed by atoms with Crippen LogP contribution < -0.4 is 11.1 Å². The summed E-state index contributed by atoms with van der Waals surface area (Å²) in [6.45, 7) is 3.37. The summed E-state index contributed by atoms with van der Waals surface area (Å²) < 4.78 is 4.92. The van der Waals surface area contributed by atoms with E-state index in [4.69, 9.17) is 15.4 Å². The van der Waals surface area contributed by atoms with Crippen LogP contribution in [0.15, 0.2) is 4.52 Å². The van der Waals surface area contributed by atoms with Gasteiger partial charge in [0, 0.05) is 6.42 Å². The zero-order valence-corrected chi connectivity index (χ0v) is 11.3. The molecule has 20 heavy (non-hydrogen) atoms. The molecule has 0 radical (unpaired) electrons. The van der Waals surface area contributed by atoms with Gasteiger partial charge < -0.3 is 20.7 Å². The number of aliphatic carboxylic acids is 1. The Hall–Kier alpha value is -2.38. The highest BCUT2D eigenvalue weighted by atomic mass is 16.5. The molecule has 0 aliphatic carbocycles. The number of amides is 2. The first-order chi connectivity index (χ1) is 9.36. The maximum Gasteiger partial charge on any atom is 0.326 e. The lowest BCUT2D eigenvalue weighted by Gasteiger charge is -2.13. The summed E-state index contributed by atoms with van der Waals surface area (Å²) in [5.41, 5.74) is 5.66. The summed E-state index contributed by atoms with van der Waals surface area (Å²) in [7, 11) is 0. The summed E-state index contributed by atoms with van der Waals surface area (Å²) in [5, 5.41) is 15.1. The standard InChI is InChI=1S/C12H17N3O5/c1-3-7-10(6(2)20-15-7)11(17)14-8(12(18)19)4-5-9(13)16/h8H,3-5H2,1-2H3,(H2,13,16)(H,14,17)(H,18,19). The Morgan fingerprint density at radius 1 is 1.45 bits per heavy atom. The van der Waals surface area contributed by atoms with Crippen molar-refractivity contribution in [3.63, 3.8) is 0 Å². The Kier molecular flexibility index (Phi) is 5.24. The number of carboxylic acids is 1. The average Bonchev–Trinajstić information content (AvgIpc) is 2.74. The molecule has 1 rings (SSSR count). The van der Waals surface area contributed by atoms with Crippen molar-refractivity contribution in [2.75, 3.05) is 0 Å². The summed E-state index contributed by atoms with van der Waals surface area (Å²) in [6.07, 6.45) is 0.293. The van der Waals surface area contributed by atoms with Crippen LogP contribution in [0.1, 0.15) is 41.6 Å². The zero-order chi connectivity index (χ0) is 15.3. The first-order valence-electron chi connectivity index (χ1n) is 6.13. The minimum absolute atomic E-state index is 0.0673. The monoisotopic (exact) mass is 283 g/mol. The molecule has 0 saturated heterocycles. The fraction of sp³-hybridized carbons (Fsp3) is 0.500. The van der Waals surface area contributed by atoms with Crippen molar-refractivity contribution >= 4 is 17.8 Å². The van der Waals surface area contributed by atoms with Gasteiger partial charge in [-0.05, 0) is 19.8 Å². The van der Waals surface area contributed by atoms with Crippen LogP contribution in [0.4, 0.5) is 0 Å². The maximum absolute atomic E-state index is 12.1. The zero-order valence-electron chi connectivity index (χ0n) is 11.3. The lowest BCUT2D eigenvalue weighted by molar-refractivity contribution is -0.139. The SMILES string of the molecule is CCc1noc(C)c1C(=O)NC(CCC(N)=O)C(=O)O. The maximum atomic E-state index is 12.1. The van der Waals surface area contributed by atoms with Gasteiger partial charge in [-0.2, -0.15) is 0 Å². The molecule has 8 nitrogen and oxygen atoms in total. The van der Waals surface area contributed by atoms with E-state index in [0.717, 1.165) is 0 Å². The Bertz CT molecular complexity index is 523. The highest BCUT2D eigenvalue weighted by Gasteiger charge is 2.25. The van der Waals surface area contributed by atoms with Crippen LogP contribution in [0.25, 0.3) is 0 Å². The quantitative estimate of drug-likeness (QED) is 0.644. The molecule has 1 unspecified atom stereocenters. The van der Waals surface area contributed by atoms with E-state index in [9.17, 15) is 14.4 Å². The van der Waals surface area contributed by atoms with Gasteiger partial charge in [-0.25, -0.2) is 4.79 Å². The van der Waals surface area contributed by atoms with Crippen LogP contribution in [-0.2, 0) is 16.0 Å². The average molecular weight is 283 g/mol. The molecular weight excluding hydrogens is 266 g/mol. The number of nitrogens with zero attached hydrogens (tertiary/aromatic N) is 1. The second kappa shape index (κ2) is 6.69. The van der Waals surface area contributed by atoms with Crippen molar-refractivity contribution in [1.29, 1.82) is 0 Å². The lowest BCUT2D eigenvalue weighted by atomic mass is 10.1. The molecular formula is C12H17N3O5. The highest BCUT2D eigenvalue weighted by molar-refractivity contribution is 5.98. The van der Waals surface area contributed by atoms with Crippen LogP contribution in [0, 0.1) is 6.92 Å². The van der Waals surface area contributed by atoms with Crippen LogP contribution >= 0.6 is 0 Å². The van der Waals surface area contributed by atoms with Gasteiger partial charge in [0.25, 0.3) is 5.91 Å². The molecule has 2 amide bonds. The summed E-state index contributed by atoms with van der Waals surface area (Å²) >= 11 is 0. The van der Waals surface area contributed by atoms with Gasteiger partial charge in [0.05, 0.1) is 5.69 Å². The molecule has 0 fully saturated rings. The van der Waals surface area contributed by atoms with Gasteiger partial charge in [-0.3, -0.25) is 9.59 Å². The predicted molar refractivity (Wildman–Crippen MR) is 67.9 cm³/mol. The number of carboxylic acid groups (broad SMARTS) is 1. The van der Waals surface area contributed by atoms with Crippen molar-refractivity contribution in [3.8, 4) is 0 Å². The first-order valence-corrected chi connectivity index (χ1v) is 6.13. The Morgan fingerprint density at radius 2 is 2.10 bits per heavy atom. The van der Waals surface area contributed by atoms with Gasteiger partial charge in [0.1, 0.15) is 17.4 Å². The number of primary amides is 1. The molecule has 8 heteroatoms. The number of nitrogens with two attached hydrogens (primary N) is 1. The van der Waals surface area contributed by atoms with Crippen molar-refractivity contribution in [3.05, 3.63) is 17.0 Å². The molecule has 110 valence electrons. The summed E-state index contributed by atoms with van der Waals surface area (Å²) in [5.74, 6) is -2.12. The van der Waals surface area contributed by atoms with Crippen molar-refractivity contribution in [1.82, 2.24) is 10.5 Å². The summed E-state index contributed by atoms with van der Waals surface area (Å²) in [6, 6.07) is -1.19. The van der Waals surface area contributed by atoms with E-state index < -0.39 is 23.8 Å². The molecule has 1 aromatic rings. The van der Waals surface area contributed by atoms with E-state index in [1.54, 1.807) is 13.8 Å². The fourth-order valence-corrected chi connectivity index (χ4v) is 1.72. The molecule has 0 aliphatic rings. The van der Waals surface area contributed by atoms with Crippen LogP contribution in [0.2, 0.25) is 0 Å². The third-order valence-electron chi connectivity index (χ3n) is 2.78. The van der Waals surface area contributed by atoms with Crippen molar-refractivity contribution in [2.45, 2.75) is 39.2 Å². The van der Waals surface area contributed by atoms with Gasteiger partial charge in [0.2, 0.25) is 5.91 Å². The second-order valence-electron chi connectivity index (χ2n) is 4.28. The molecule has 1 aromatic heterocycles. The highest BCUT2D eigenvalue weighted by Crippen LogP contribution is 2.14. The molecule has 1 atom stereocenters. The van der Waals surface area contributed by atoms with Crippen LogP contribution in [0.3, 0.4) is 0 Å². The first kappa shape index (κ1) is 15.7. The van der Waals surface area contributed by atoms with E-state index in [2.05, 4.69) is 10.5 Å². The molecule has 0 saturated carbocycles. The van der Waals surface area contributed by atoms with E-state index in [1.165, 1.54) is 0 Å². The molecule has 0 spiro atoms. The Balaban J connectivity index is 2.82. The van der Waals surface area contributed by atoms with Crippen LogP contribution in [-0.4, -0.2) is 34.1 Å². The molecule has 0 aliphatic heterocycles. The fourth-order valence-electron chi connectivity index (χ4n) is 1.72. The van der Waals surface area contributed by atoms with Gasteiger partial charge in [-0.1, -0.05) is 12.1 Å². The van der Waals surface area contributed by atoms with Crippen molar-refractivity contribution < 1.29 is 24.0 Å². The third-order valence-corrected chi connectivity index (χ3v) is 2.78. The van der Waals surface area contributed by atoms with Gasteiger partial charge in [0.15, 0.2) is 0 Å². The largest absolute Gasteiger partial charge is 0.480 e. The van der Waals surface area contributed by atoms with Crippen LogP contribution in [0.5, 0.6) is 0 Å². The van der Waals surface area contributed by atoms with Crippen molar-refractivity contribution in [2.24, 2.45) is 5.73 Å². The topological polar surface area (TPSA) is 136 Å². The Morgan fingerprint density at radius 3 is 2.60 bits per heavy atom. The smallest absolute Gasteiger partial charge is 0.326 e. The molecule has 4 N–H and O–H groups in total. The number of hydrogen-bond acceptors (Lipinski definition) is 5. The predicted octanol–water partition coefficient (Wildman–Crippen LogP) is -0.00608. The van der Waals surface area contributed by atoms with Gasteiger partial charge in [-0.15, -0.1) is 0 Å². The molecule has 0 bridgehead atoms. The lowest BCUT2D eigenvalue weighted by Crippen LogP contribution is -2.41. The van der Waals surface area contributed by atoms with Gasteiger partial charge >= 0.3 is 5.97 Å². The van der Waals surface area contributed by atoms with E-state index in [0.29, 0.717) is 17.9 Å². The number of aromatic nitrogens is 1. The number of nitrogens with one attached hydrogen (secondary N) is 1. The minimum Gasteiger partial charge on any atom is -0.480 e. The van der Waals surface area contributed by atoms with E-state index in [-0.39, 0.29) is 18.4 Å². The van der Waals surface area contributed by atoms with E-state index in [1.807, 2.05) is 0 Å². The number of carbonyl (C=O) groups excluding carboxylic acids is 2. The number of hydrogen-bond donors (Lipinski definition) is 3. The van der Waals surface area contributed by atoms with E-state index >= 15 is 0 Å².